The van der Waals surface area contributed by atoms with E-state index in [-0.39, 0.29) is 17.5 Å². The molecule has 0 fully saturated rings. The summed E-state index contributed by atoms with van der Waals surface area (Å²) in [6, 6.07) is 12.6. The van der Waals surface area contributed by atoms with Gasteiger partial charge < -0.3 is 14.1 Å². The number of para-hydroxylation sites is 1. The quantitative estimate of drug-likeness (QED) is 0.487. The molecule has 126 valence electrons. The molecule has 0 spiro atoms. The summed E-state index contributed by atoms with van der Waals surface area (Å²) < 4.78 is 10.1. The first-order valence-corrected chi connectivity index (χ1v) is 7.82. The van der Waals surface area contributed by atoms with Crippen LogP contribution in [0, 0.1) is 11.3 Å². The molecule has 1 aliphatic rings. The zero-order valence-electron chi connectivity index (χ0n) is 13.6. The fourth-order valence-corrected chi connectivity index (χ4v) is 2.87. The van der Waals surface area contributed by atoms with Crippen LogP contribution in [0.4, 0.5) is 5.69 Å². The van der Waals surface area contributed by atoms with E-state index in [0.29, 0.717) is 5.76 Å². The van der Waals surface area contributed by atoms with E-state index in [4.69, 9.17) is 14.4 Å². The molecule has 0 radical (unpaired) electrons. The topological polar surface area (TPSA) is 83.5 Å². The Bertz CT molecular complexity index is 862. The molecule has 1 amide bonds. The number of furan rings is 1. The molecule has 0 bridgehead atoms. The third kappa shape index (κ3) is 3.45. The van der Waals surface area contributed by atoms with Gasteiger partial charge in [0.1, 0.15) is 17.4 Å². The van der Waals surface area contributed by atoms with Crippen LogP contribution < -0.4 is 4.90 Å². The van der Waals surface area contributed by atoms with Crippen molar-refractivity contribution in [1.82, 2.24) is 0 Å². The van der Waals surface area contributed by atoms with E-state index in [9.17, 15) is 9.59 Å². The van der Waals surface area contributed by atoms with Gasteiger partial charge in [-0.3, -0.25) is 4.79 Å². The molecule has 1 unspecified atom stereocenters. The maximum absolute atomic E-state index is 12.5. The summed E-state index contributed by atoms with van der Waals surface area (Å²) in [4.78, 5) is 26.1. The highest BCUT2D eigenvalue weighted by molar-refractivity contribution is 6.01. The SMILES string of the molecule is CC1Cc2ccccc2N1C(=O)COC(=O)/C(C#N)=C\c1ccco1. The Kier molecular flexibility index (Phi) is 4.66. The number of benzene rings is 1. The molecule has 1 aliphatic heterocycles. The Morgan fingerprint density at radius 3 is 2.88 bits per heavy atom. The van der Waals surface area contributed by atoms with E-state index in [1.165, 1.54) is 12.3 Å². The van der Waals surface area contributed by atoms with Crippen molar-refractivity contribution in [2.75, 3.05) is 11.5 Å². The van der Waals surface area contributed by atoms with E-state index >= 15 is 0 Å². The Morgan fingerprint density at radius 2 is 2.16 bits per heavy atom. The smallest absolute Gasteiger partial charge is 0.349 e. The standard InChI is InChI=1S/C19H16N2O4/c1-13-9-14-5-2-3-7-17(14)21(13)18(22)12-25-19(23)15(11-20)10-16-6-4-8-24-16/h2-8,10,13H,9,12H2,1H3/b15-10-. The van der Waals surface area contributed by atoms with Crippen LogP contribution in [0.2, 0.25) is 0 Å². The number of hydrogen-bond acceptors (Lipinski definition) is 5. The number of nitrogens with zero attached hydrogens (tertiary/aromatic N) is 2. The molecule has 1 atom stereocenters. The van der Waals surface area contributed by atoms with Gasteiger partial charge in [-0.1, -0.05) is 18.2 Å². The minimum Gasteiger partial charge on any atom is -0.465 e. The summed E-state index contributed by atoms with van der Waals surface area (Å²) in [5.41, 5.74) is 1.70. The second-order valence-corrected chi connectivity index (χ2v) is 5.71. The third-order valence-corrected chi connectivity index (χ3v) is 3.97. The number of nitriles is 1. The van der Waals surface area contributed by atoms with Gasteiger partial charge in [0, 0.05) is 17.8 Å². The van der Waals surface area contributed by atoms with Gasteiger partial charge in [0.15, 0.2) is 6.61 Å². The van der Waals surface area contributed by atoms with Crippen LogP contribution in [0.15, 0.2) is 52.7 Å². The van der Waals surface area contributed by atoms with Crippen LogP contribution in [-0.2, 0) is 20.7 Å². The molecule has 0 saturated heterocycles. The Balaban J connectivity index is 1.66. The molecule has 0 N–H and O–H groups in total. The van der Waals surface area contributed by atoms with E-state index < -0.39 is 12.6 Å². The number of ether oxygens (including phenoxy) is 1. The zero-order valence-corrected chi connectivity index (χ0v) is 13.6. The molecule has 0 saturated carbocycles. The van der Waals surface area contributed by atoms with Crippen LogP contribution in [0.25, 0.3) is 6.08 Å². The summed E-state index contributed by atoms with van der Waals surface area (Å²) >= 11 is 0. The van der Waals surface area contributed by atoms with Crippen molar-refractivity contribution >= 4 is 23.6 Å². The minimum atomic E-state index is -0.854. The molecular weight excluding hydrogens is 320 g/mol. The highest BCUT2D eigenvalue weighted by atomic mass is 16.5. The van der Waals surface area contributed by atoms with Crippen LogP contribution in [-0.4, -0.2) is 24.5 Å². The lowest BCUT2D eigenvalue weighted by Gasteiger charge is -2.22. The van der Waals surface area contributed by atoms with Crippen LogP contribution >= 0.6 is 0 Å². The lowest BCUT2D eigenvalue weighted by molar-refractivity contribution is -0.143. The number of amides is 1. The lowest BCUT2D eigenvalue weighted by Crippen LogP contribution is -2.38. The summed E-state index contributed by atoms with van der Waals surface area (Å²) in [5, 5.41) is 9.09. The number of carbonyl (C=O) groups is 2. The van der Waals surface area contributed by atoms with Crippen LogP contribution in [0.1, 0.15) is 18.2 Å². The molecule has 3 rings (SSSR count). The Labute approximate surface area is 144 Å². The first kappa shape index (κ1) is 16.5. The average molecular weight is 336 g/mol. The minimum absolute atomic E-state index is 0.00213. The van der Waals surface area contributed by atoms with Gasteiger partial charge in [-0.05, 0) is 37.1 Å². The van der Waals surface area contributed by atoms with Crippen molar-refractivity contribution < 1.29 is 18.7 Å². The predicted octanol–water partition coefficient (Wildman–Crippen LogP) is 2.71. The third-order valence-electron chi connectivity index (χ3n) is 3.97. The molecule has 2 aromatic rings. The van der Waals surface area contributed by atoms with Gasteiger partial charge in [-0.2, -0.15) is 5.26 Å². The first-order valence-electron chi connectivity index (χ1n) is 7.82. The van der Waals surface area contributed by atoms with Gasteiger partial charge in [0.05, 0.1) is 6.26 Å². The van der Waals surface area contributed by atoms with Crippen LogP contribution in [0.3, 0.4) is 0 Å². The largest absolute Gasteiger partial charge is 0.465 e. The van der Waals surface area contributed by atoms with Crippen molar-refractivity contribution in [1.29, 1.82) is 5.26 Å². The normalized spacial score (nSPS) is 16.2. The molecule has 2 heterocycles. The monoisotopic (exact) mass is 336 g/mol. The van der Waals surface area contributed by atoms with E-state index in [0.717, 1.165) is 17.7 Å². The summed E-state index contributed by atoms with van der Waals surface area (Å²) in [5.74, 6) is -0.810. The first-order chi connectivity index (χ1) is 12.1. The van der Waals surface area contributed by atoms with Crippen LogP contribution in [0.5, 0.6) is 0 Å². The number of fused-ring (bicyclic) bond motifs is 1. The predicted molar refractivity (Wildman–Crippen MR) is 90.4 cm³/mol. The molecule has 6 heteroatoms. The van der Waals surface area contributed by atoms with E-state index in [1.54, 1.807) is 23.1 Å². The Hall–Kier alpha value is -3.33. The fraction of sp³-hybridized carbons (Fsp3) is 0.211. The number of rotatable bonds is 4. The fourth-order valence-electron chi connectivity index (χ4n) is 2.87. The summed E-state index contributed by atoms with van der Waals surface area (Å²) in [7, 11) is 0. The van der Waals surface area contributed by atoms with Gasteiger partial charge in [0.2, 0.25) is 0 Å². The second kappa shape index (κ2) is 7.05. The molecule has 1 aromatic heterocycles. The number of hydrogen-bond donors (Lipinski definition) is 0. The maximum Gasteiger partial charge on any atom is 0.349 e. The lowest BCUT2D eigenvalue weighted by atomic mass is 10.1. The second-order valence-electron chi connectivity index (χ2n) is 5.71. The molecule has 0 aliphatic carbocycles. The van der Waals surface area contributed by atoms with Gasteiger partial charge in [-0.15, -0.1) is 0 Å². The summed E-state index contributed by atoms with van der Waals surface area (Å²) in [6.45, 7) is 1.52. The summed E-state index contributed by atoms with van der Waals surface area (Å²) in [6.07, 6.45) is 3.47. The van der Waals surface area contributed by atoms with Crippen molar-refractivity contribution in [3.63, 3.8) is 0 Å². The maximum atomic E-state index is 12.5. The molecule has 25 heavy (non-hydrogen) atoms. The number of esters is 1. The Morgan fingerprint density at radius 1 is 1.36 bits per heavy atom. The molecule has 6 nitrogen and oxygen atoms in total. The van der Waals surface area contributed by atoms with Crippen molar-refractivity contribution in [2.45, 2.75) is 19.4 Å². The number of anilines is 1. The van der Waals surface area contributed by atoms with Crippen molar-refractivity contribution in [3.05, 3.63) is 59.6 Å². The van der Waals surface area contributed by atoms with E-state index in [1.807, 2.05) is 31.2 Å². The zero-order chi connectivity index (χ0) is 17.8. The van der Waals surface area contributed by atoms with Crippen molar-refractivity contribution in [2.24, 2.45) is 0 Å². The van der Waals surface area contributed by atoms with Crippen molar-refractivity contribution in [3.8, 4) is 6.07 Å². The molecule has 1 aromatic carbocycles. The average Bonchev–Trinajstić information content (AvgIpc) is 3.23. The van der Waals surface area contributed by atoms with E-state index in [2.05, 4.69) is 0 Å². The van der Waals surface area contributed by atoms with Gasteiger partial charge in [-0.25, -0.2) is 4.79 Å². The molecular formula is C19H16N2O4. The highest BCUT2D eigenvalue weighted by Gasteiger charge is 2.31. The number of carbonyl (C=O) groups excluding carboxylic acids is 2. The highest BCUT2D eigenvalue weighted by Crippen LogP contribution is 2.31. The van der Waals surface area contributed by atoms with Gasteiger partial charge >= 0.3 is 5.97 Å². The van der Waals surface area contributed by atoms with Gasteiger partial charge in [0.25, 0.3) is 5.91 Å².